The Labute approximate surface area is 154 Å². The molecule has 2 aromatic carbocycles. The predicted octanol–water partition coefficient (Wildman–Crippen LogP) is 2.59. The van der Waals surface area contributed by atoms with Crippen LogP contribution in [0, 0.1) is 6.92 Å². The van der Waals surface area contributed by atoms with Crippen molar-refractivity contribution >= 4 is 17.5 Å². The molecular formula is C21H25N3O2. The highest BCUT2D eigenvalue weighted by atomic mass is 16.2. The van der Waals surface area contributed by atoms with Crippen molar-refractivity contribution in [2.45, 2.75) is 20.4 Å². The van der Waals surface area contributed by atoms with Crippen molar-refractivity contribution in [1.82, 2.24) is 10.2 Å². The van der Waals surface area contributed by atoms with E-state index in [1.54, 1.807) is 0 Å². The van der Waals surface area contributed by atoms with E-state index in [-0.39, 0.29) is 11.8 Å². The van der Waals surface area contributed by atoms with Gasteiger partial charge in [-0.15, -0.1) is 0 Å². The summed E-state index contributed by atoms with van der Waals surface area (Å²) in [5.74, 6) is 0.0113. The van der Waals surface area contributed by atoms with E-state index in [4.69, 9.17) is 0 Å². The molecule has 1 N–H and O–H groups in total. The minimum Gasteiger partial charge on any atom is -0.368 e. The van der Waals surface area contributed by atoms with Crippen LogP contribution in [0.3, 0.4) is 0 Å². The van der Waals surface area contributed by atoms with E-state index in [9.17, 15) is 9.59 Å². The second-order valence-corrected chi connectivity index (χ2v) is 6.67. The van der Waals surface area contributed by atoms with E-state index in [1.807, 2.05) is 35.2 Å². The van der Waals surface area contributed by atoms with Crippen molar-refractivity contribution in [2.24, 2.45) is 0 Å². The molecule has 136 valence electrons. The number of rotatable bonds is 4. The van der Waals surface area contributed by atoms with Gasteiger partial charge in [0, 0.05) is 50.9 Å². The number of benzene rings is 2. The lowest BCUT2D eigenvalue weighted by atomic mass is 10.1. The fourth-order valence-corrected chi connectivity index (χ4v) is 3.24. The van der Waals surface area contributed by atoms with Gasteiger partial charge in [0.1, 0.15) is 0 Å². The second-order valence-electron chi connectivity index (χ2n) is 6.67. The summed E-state index contributed by atoms with van der Waals surface area (Å²) in [4.78, 5) is 28.0. The van der Waals surface area contributed by atoms with Crippen LogP contribution in [0.5, 0.6) is 0 Å². The number of hydrogen-bond donors (Lipinski definition) is 1. The average molecular weight is 351 g/mol. The summed E-state index contributed by atoms with van der Waals surface area (Å²) in [6.45, 7) is 7.23. The zero-order valence-corrected chi connectivity index (χ0v) is 15.4. The number of anilines is 1. The molecule has 0 bridgehead atoms. The van der Waals surface area contributed by atoms with Crippen LogP contribution < -0.4 is 10.2 Å². The molecule has 3 rings (SSSR count). The van der Waals surface area contributed by atoms with E-state index < -0.39 is 0 Å². The van der Waals surface area contributed by atoms with Crippen molar-refractivity contribution in [3.8, 4) is 0 Å². The number of nitrogens with one attached hydrogen (secondary N) is 1. The van der Waals surface area contributed by atoms with Crippen LogP contribution >= 0.6 is 0 Å². The minimum atomic E-state index is -0.0586. The summed E-state index contributed by atoms with van der Waals surface area (Å²) in [7, 11) is 0. The van der Waals surface area contributed by atoms with Crippen molar-refractivity contribution in [3.63, 3.8) is 0 Å². The summed E-state index contributed by atoms with van der Waals surface area (Å²) < 4.78 is 0. The topological polar surface area (TPSA) is 52.7 Å². The lowest BCUT2D eigenvalue weighted by molar-refractivity contribution is -0.119. The molecular weight excluding hydrogens is 326 g/mol. The van der Waals surface area contributed by atoms with Gasteiger partial charge in [-0.1, -0.05) is 30.3 Å². The molecule has 0 atom stereocenters. The molecule has 0 saturated carbocycles. The molecule has 5 heteroatoms. The van der Waals surface area contributed by atoms with E-state index in [0.717, 1.165) is 31.7 Å². The van der Waals surface area contributed by atoms with Gasteiger partial charge in [-0.3, -0.25) is 9.59 Å². The van der Waals surface area contributed by atoms with Crippen molar-refractivity contribution in [2.75, 3.05) is 31.1 Å². The van der Waals surface area contributed by atoms with E-state index in [1.165, 1.54) is 18.2 Å². The molecule has 1 aliphatic heterocycles. The first-order valence-corrected chi connectivity index (χ1v) is 8.98. The Hall–Kier alpha value is -2.82. The van der Waals surface area contributed by atoms with Crippen LogP contribution in [0.4, 0.5) is 5.69 Å². The largest absolute Gasteiger partial charge is 0.368 e. The lowest BCUT2D eigenvalue weighted by Crippen LogP contribution is -2.49. The predicted molar refractivity (Wildman–Crippen MR) is 103 cm³/mol. The molecule has 1 fully saturated rings. The van der Waals surface area contributed by atoms with Gasteiger partial charge in [0.15, 0.2) is 0 Å². The number of para-hydroxylation sites is 1. The molecule has 0 unspecified atom stereocenters. The number of carbonyl (C=O) groups excluding carboxylic acids is 2. The molecule has 0 aliphatic carbocycles. The standard InChI is InChI=1S/C21H25N3O2/c1-16-5-3-4-6-20(16)23-11-13-24(14-12-23)21(26)19-9-7-18(8-10-19)15-22-17(2)25/h3-10H,11-15H2,1-2H3,(H,22,25). The first-order valence-electron chi connectivity index (χ1n) is 8.98. The number of amides is 2. The number of aryl methyl sites for hydroxylation is 1. The third-order valence-electron chi connectivity index (χ3n) is 4.77. The number of hydrogen-bond acceptors (Lipinski definition) is 3. The third kappa shape index (κ3) is 4.23. The van der Waals surface area contributed by atoms with Gasteiger partial charge in [-0.2, -0.15) is 0 Å². The molecule has 1 aliphatic rings. The Morgan fingerprint density at radius 1 is 0.962 bits per heavy atom. The van der Waals surface area contributed by atoms with Crippen LogP contribution in [-0.4, -0.2) is 42.9 Å². The molecule has 1 saturated heterocycles. The molecule has 5 nitrogen and oxygen atoms in total. The van der Waals surface area contributed by atoms with Gasteiger partial charge in [0.05, 0.1) is 0 Å². The highest BCUT2D eigenvalue weighted by Gasteiger charge is 2.22. The Morgan fingerprint density at radius 2 is 1.62 bits per heavy atom. The van der Waals surface area contributed by atoms with Crippen LogP contribution in [0.15, 0.2) is 48.5 Å². The summed E-state index contributed by atoms with van der Waals surface area (Å²) in [5.41, 5.74) is 4.20. The van der Waals surface area contributed by atoms with Crippen LogP contribution in [0.2, 0.25) is 0 Å². The van der Waals surface area contributed by atoms with Gasteiger partial charge >= 0.3 is 0 Å². The van der Waals surface area contributed by atoms with Gasteiger partial charge in [-0.25, -0.2) is 0 Å². The van der Waals surface area contributed by atoms with E-state index >= 15 is 0 Å². The zero-order chi connectivity index (χ0) is 18.5. The molecule has 0 aromatic heterocycles. The number of piperazine rings is 1. The highest BCUT2D eigenvalue weighted by molar-refractivity contribution is 5.94. The summed E-state index contributed by atoms with van der Waals surface area (Å²) in [5, 5.41) is 2.76. The van der Waals surface area contributed by atoms with Crippen molar-refractivity contribution in [1.29, 1.82) is 0 Å². The van der Waals surface area contributed by atoms with E-state index in [0.29, 0.717) is 12.1 Å². The van der Waals surface area contributed by atoms with Gasteiger partial charge in [0.2, 0.25) is 5.91 Å². The summed E-state index contributed by atoms with van der Waals surface area (Å²) in [6, 6.07) is 15.8. The van der Waals surface area contributed by atoms with E-state index in [2.05, 4.69) is 35.3 Å². The van der Waals surface area contributed by atoms with Gasteiger partial charge in [-0.05, 0) is 36.2 Å². The Morgan fingerprint density at radius 3 is 2.23 bits per heavy atom. The number of carbonyl (C=O) groups is 2. The highest BCUT2D eigenvalue weighted by Crippen LogP contribution is 2.21. The van der Waals surface area contributed by atoms with Gasteiger partial charge < -0.3 is 15.1 Å². The monoisotopic (exact) mass is 351 g/mol. The Balaban J connectivity index is 1.58. The molecule has 26 heavy (non-hydrogen) atoms. The second kappa shape index (κ2) is 8.04. The first kappa shape index (κ1) is 18.0. The summed E-state index contributed by atoms with van der Waals surface area (Å²) >= 11 is 0. The maximum absolute atomic E-state index is 12.7. The third-order valence-corrected chi connectivity index (χ3v) is 4.77. The smallest absolute Gasteiger partial charge is 0.253 e. The number of nitrogens with zero attached hydrogens (tertiary/aromatic N) is 2. The van der Waals surface area contributed by atoms with Crippen LogP contribution in [0.25, 0.3) is 0 Å². The van der Waals surface area contributed by atoms with Crippen LogP contribution in [0.1, 0.15) is 28.4 Å². The average Bonchev–Trinajstić information content (AvgIpc) is 2.67. The molecule has 0 spiro atoms. The van der Waals surface area contributed by atoms with Crippen LogP contribution in [-0.2, 0) is 11.3 Å². The zero-order valence-electron chi connectivity index (χ0n) is 15.4. The normalized spacial score (nSPS) is 14.2. The fraction of sp³-hybridized carbons (Fsp3) is 0.333. The maximum Gasteiger partial charge on any atom is 0.253 e. The molecule has 0 radical (unpaired) electrons. The Bertz CT molecular complexity index is 778. The minimum absolute atomic E-state index is 0.0586. The lowest BCUT2D eigenvalue weighted by Gasteiger charge is -2.36. The fourth-order valence-electron chi connectivity index (χ4n) is 3.24. The SMILES string of the molecule is CC(=O)NCc1ccc(C(=O)N2CCN(c3ccccc3C)CC2)cc1. The van der Waals surface area contributed by atoms with Crippen molar-refractivity contribution < 1.29 is 9.59 Å². The first-order chi connectivity index (χ1) is 12.5. The quantitative estimate of drug-likeness (QED) is 0.921. The summed E-state index contributed by atoms with van der Waals surface area (Å²) in [6.07, 6.45) is 0. The molecule has 2 aromatic rings. The molecule has 1 heterocycles. The van der Waals surface area contributed by atoms with Gasteiger partial charge in [0.25, 0.3) is 5.91 Å². The molecule has 2 amide bonds. The maximum atomic E-state index is 12.7. The Kier molecular flexibility index (Phi) is 5.56. The van der Waals surface area contributed by atoms with Crippen molar-refractivity contribution in [3.05, 3.63) is 65.2 Å².